The molecule has 1 spiro atoms. The predicted molar refractivity (Wildman–Crippen MR) is 134 cm³/mol. The Morgan fingerprint density at radius 3 is 2.29 bits per heavy atom. The fourth-order valence-electron chi connectivity index (χ4n) is 6.02. The van der Waals surface area contributed by atoms with Gasteiger partial charge in [0.05, 0.1) is 18.8 Å². The van der Waals surface area contributed by atoms with Crippen LogP contribution in [0.15, 0.2) is 60.7 Å². The summed E-state index contributed by atoms with van der Waals surface area (Å²) in [5.41, 5.74) is 4.49. The average molecular weight is 469 g/mol. The molecule has 1 unspecified atom stereocenters. The third-order valence-electron chi connectivity index (χ3n) is 7.78. The van der Waals surface area contributed by atoms with Crippen LogP contribution in [-0.2, 0) is 15.1 Å². The van der Waals surface area contributed by atoms with Crippen molar-refractivity contribution in [3.8, 4) is 11.5 Å². The monoisotopic (exact) mass is 468 g/mol. The van der Waals surface area contributed by atoms with Crippen LogP contribution in [0.4, 0.5) is 11.4 Å². The summed E-state index contributed by atoms with van der Waals surface area (Å²) >= 11 is 0. The highest BCUT2D eigenvalue weighted by atomic mass is 16.6. The summed E-state index contributed by atoms with van der Waals surface area (Å²) in [5, 5.41) is 0. The molecule has 0 radical (unpaired) electrons. The lowest BCUT2D eigenvalue weighted by atomic mass is 9.77. The Hall–Kier alpha value is -3.51. The van der Waals surface area contributed by atoms with Crippen molar-refractivity contribution in [3.63, 3.8) is 0 Å². The lowest BCUT2D eigenvalue weighted by Gasteiger charge is -2.38. The number of benzene rings is 3. The van der Waals surface area contributed by atoms with E-state index in [1.807, 2.05) is 30.3 Å². The molecule has 6 nitrogen and oxygen atoms in total. The van der Waals surface area contributed by atoms with E-state index in [2.05, 4.69) is 40.1 Å². The van der Waals surface area contributed by atoms with Crippen LogP contribution in [-0.4, -0.2) is 45.4 Å². The zero-order valence-electron chi connectivity index (χ0n) is 19.7. The maximum absolute atomic E-state index is 13.2. The van der Waals surface area contributed by atoms with Gasteiger partial charge in [-0.1, -0.05) is 18.2 Å². The largest absolute Gasteiger partial charge is 0.456 e. The minimum absolute atomic E-state index is 0.292. The summed E-state index contributed by atoms with van der Waals surface area (Å²) < 4.78 is 18.4. The summed E-state index contributed by atoms with van der Waals surface area (Å²) in [5.74, 6) is 1.18. The second-order valence-corrected chi connectivity index (χ2v) is 9.73. The van der Waals surface area contributed by atoms with Gasteiger partial charge in [0, 0.05) is 60.3 Å². The molecule has 1 atom stereocenters. The first-order valence-electron chi connectivity index (χ1n) is 12.6. The molecule has 35 heavy (non-hydrogen) atoms. The molecule has 0 N–H and O–H groups in total. The first-order valence-corrected chi connectivity index (χ1v) is 12.6. The Morgan fingerprint density at radius 2 is 1.43 bits per heavy atom. The second-order valence-electron chi connectivity index (χ2n) is 9.73. The van der Waals surface area contributed by atoms with E-state index in [1.165, 1.54) is 19.3 Å². The molecule has 3 aromatic carbocycles. The van der Waals surface area contributed by atoms with Crippen molar-refractivity contribution in [2.45, 2.75) is 24.9 Å². The molecule has 4 aliphatic rings. The van der Waals surface area contributed by atoms with Gasteiger partial charge in [-0.15, -0.1) is 0 Å². The van der Waals surface area contributed by atoms with Gasteiger partial charge in [-0.3, -0.25) is 0 Å². The summed E-state index contributed by atoms with van der Waals surface area (Å²) in [7, 11) is 0. The molecule has 2 fully saturated rings. The van der Waals surface area contributed by atoms with Gasteiger partial charge in [-0.2, -0.15) is 0 Å². The van der Waals surface area contributed by atoms with Gasteiger partial charge in [-0.25, -0.2) is 4.79 Å². The second kappa shape index (κ2) is 8.02. The quantitative estimate of drug-likeness (QED) is 0.489. The molecule has 4 heterocycles. The average Bonchev–Trinajstić information content (AvgIpc) is 3.22. The van der Waals surface area contributed by atoms with Gasteiger partial charge in [-0.05, 0) is 55.7 Å². The highest BCUT2D eigenvalue weighted by Crippen LogP contribution is 2.57. The number of morpholine rings is 1. The Bertz CT molecular complexity index is 1310. The molecule has 0 amide bonds. The standard InChI is InChI=1S/C29H28N2O4/c32-28-22-6-2-3-7-23(22)29(35-28)24-10-8-21(31-14-16-33-17-15-31)19-27(24)34-26-11-9-20(18-25(26)29)30-12-4-1-5-13-30/h2-3,6-11,18-19H,1,4-5,12-17H2. The summed E-state index contributed by atoms with van der Waals surface area (Å²) in [6.07, 6.45) is 3.67. The molecular formula is C29H28N2O4. The van der Waals surface area contributed by atoms with E-state index in [-0.39, 0.29) is 5.97 Å². The Labute approximate surface area is 205 Å². The normalized spacial score (nSPS) is 22.8. The molecule has 0 saturated carbocycles. The van der Waals surface area contributed by atoms with Crippen LogP contribution < -0.4 is 14.5 Å². The van der Waals surface area contributed by atoms with Gasteiger partial charge in [0.15, 0.2) is 5.60 Å². The van der Waals surface area contributed by atoms with Crippen molar-refractivity contribution in [2.24, 2.45) is 0 Å². The molecule has 6 heteroatoms. The van der Waals surface area contributed by atoms with Gasteiger partial charge in [0.25, 0.3) is 0 Å². The van der Waals surface area contributed by atoms with Gasteiger partial charge in [0.1, 0.15) is 11.5 Å². The topological polar surface area (TPSA) is 51.2 Å². The number of hydrogen-bond acceptors (Lipinski definition) is 6. The number of carbonyl (C=O) groups excluding carboxylic acids is 1. The van der Waals surface area contributed by atoms with E-state index in [0.29, 0.717) is 5.56 Å². The van der Waals surface area contributed by atoms with Crippen molar-refractivity contribution in [1.82, 2.24) is 0 Å². The van der Waals surface area contributed by atoms with Crippen LogP contribution in [0.5, 0.6) is 11.5 Å². The number of rotatable bonds is 2. The van der Waals surface area contributed by atoms with E-state index in [0.717, 1.165) is 79.0 Å². The Kier molecular flexibility index (Phi) is 4.77. The van der Waals surface area contributed by atoms with Gasteiger partial charge in [0.2, 0.25) is 0 Å². The van der Waals surface area contributed by atoms with E-state index in [4.69, 9.17) is 14.2 Å². The fourth-order valence-corrected chi connectivity index (χ4v) is 6.02. The van der Waals surface area contributed by atoms with E-state index in [9.17, 15) is 4.79 Å². The van der Waals surface area contributed by atoms with Crippen LogP contribution in [0.25, 0.3) is 0 Å². The molecule has 0 aromatic heterocycles. The number of ether oxygens (including phenoxy) is 3. The number of anilines is 2. The maximum atomic E-state index is 13.2. The number of carbonyl (C=O) groups is 1. The number of piperidine rings is 1. The molecule has 178 valence electrons. The van der Waals surface area contributed by atoms with Crippen LogP contribution in [0.3, 0.4) is 0 Å². The van der Waals surface area contributed by atoms with Crippen LogP contribution >= 0.6 is 0 Å². The summed E-state index contributed by atoms with van der Waals surface area (Å²) in [6.45, 7) is 5.21. The van der Waals surface area contributed by atoms with Gasteiger partial charge < -0.3 is 24.0 Å². The Balaban J connectivity index is 1.41. The number of hydrogen-bond donors (Lipinski definition) is 0. The number of esters is 1. The third-order valence-corrected chi connectivity index (χ3v) is 7.78. The van der Waals surface area contributed by atoms with Crippen molar-refractivity contribution in [3.05, 3.63) is 82.9 Å². The Morgan fingerprint density at radius 1 is 0.686 bits per heavy atom. The number of nitrogens with zero attached hydrogens (tertiary/aromatic N) is 2. The molecule has 7 rings (SSSR count). The van der Waals surface area contributed by atoms with Crippen LogP contribution in [0, 0.1) is 0 Å². The van der Waals surface area contributed by atoms with Crippen LogP contribution in [0.1, 0.15) is 46.3 Å². The molecule has 0 aliphatic carbocycles. The zero-order chi connectivity index (χ0) is 23.4. The maximum Gasteiger partial charge on any atom is 0.340 e. The molecule has 0 bridgehead atoms. The SMILES string of the molecule is O=C1OC2(c3ccc(N4CCOCC4)cc3Oc3ccc(N4CCCCC4)cc32)c2ccccc21. The van der Waals surface area contributed by atoms with E-state index in [1.54, 1.807) is 0 Å². The first-order chi connectivity index (χ1) is 17.2. The van der Waals surface area contributed by atoms with Crippen LogP contribution in [0.2, 0.25) is 0 Å². The zero-order valence-corrected chi connectivity index (χ0v) is 19.7. The smallest absolute Gasteiger partial charge is 0.340 e. The minimum atomic E-state index is -1.02. The summed E-state index contributed by atoms with van der Waals surface area (Å²) in [6, 6.07) is 20.4. The van der Waals surface area contributed by atoms with Crippen molar-refractivity contribution >= 4 is 17.3 Å². The predicted octanol–water partition coefficient (Wildman–Crippen LogP) is 5.08. The highest BCUT2D eigenvalue weighted by molar-refractivity contribution is 5.97. The minimum Gasteiger partial charge on any atom is -0.456 e. The van der Waals surface area contributed by atoms with E-state index < -0.39 is 5.60 Å². The van der Waals surface area contributed by atoms with Crippen molar-refractivity contribution < 1.29 is 19.0 Å². The van der Waals surface area contributed by atoms with E-state index >= 15 is 0 Å². The molecule has 2 saturated heterocycles. The lowest BCUT2D eigenvalue weighted by molar-refractivity contribution is 0.0224. The number of fused-ring (bicyclic) bond motifs is 6. The van der Waals surface area contributed by atoms with Crippen molar-refractivity contribution in [2.75, 3.05) is 49.2 Å². The van der Waals surface area contributed by atoms with Crippen molar-refractivity contribution in [1.29, 1.82) is 0 Å². The lowest BCUT2D eigenvalue weighted by Crippen LogP contribution is -2.37. The third kappa shape index (κ3) is 3.16. The molecule has 3 aromatic rings. The highest BCUT2D eigenvalue weighted by Gasteiger charge is 2.53. The summed E-state index contributed by atoms with van der Waals surface area (Å²) in [4.78, 5) is 17.9. The fraction of sp³-hybridized carbons (Fsp3) is 0.345. The molecule has 4 aliphatic heterocycles. The first kappa shape index (κ1) is 20.8. The van der Waals surface area contributed by atoms with Gasteiger partial charge >= 0.3 is 5.97 Å². The molecular weight excluding hydrogens is 440 g/mol.